The van der Waals surface area contributed by atoms with Crippen molar-refractivity contribution in [3.05, 3.63) is 0 Å². The molecule has 0 aromatic carbocycles. The Labute approximate surface area is 159 Å². The van der Waals surface area contributed by atoms with Crippen molar-refractivity contribution in [1.29, 1.82) is 0 Å². The third-order valence-electron chi connectivity index (χ3n) is 4.04. The van der Waals surface area contributed by atoms with Gasteiger partial charge in [0.2, 0.25) is 0 Å². The molecule has 0 aromatic heterocycles. The Morgan fingerprint density at radius 3 is 1.80 bits per heavy atom. The number of nitrogens with one attached hydrogen (secondary N) is 1. The SMILES string of the molecule is CC.CC.CCCCC.CCCON[C@H](C(=O)CC)C1CCCCC1. The van der Waals surface area contributed by atoms with Crippen LogP contribution in [0.3, 0.4) is 0 Å². The summed E-state index contributed by atoms with van der Waals surface area (Å²) in [6.45, 7) is 17.1. The number of carbonyl (C=O) groups is 1. The Morgan fingerprint density at radius 2 is 1.44 bits per heavy atom. The monoisotopic (exact) mass is 359 g/mol. The molecule has 0 amide bonds. The standard InChI is InChI=1S/C13H25NO2.C5H12.2C2H6/c1-3-10-16-14-13(12(15)4-2)11-8-6-5-7-9-11;1-3-5-4-2;2*1-2/h11,13-14H,3-10H2,1-2H3;3-5H2,1-2H3;2*1-2H3/t13-;;;/m0.../s1. The maximum atomic E-state index is 11.9. The van der Waals surface area contributed by atoms with Crippen LogP contribution in [-0.4, -0.2) is 18.4 Å². The van der Waals surface area contributed by atoms with E-state index >= 15 is 0 Å². The van der Waals surface area contributed by atoms with Crippen LogP contribution in [0.1, 0.15) is 120 Å². The fraction of sp³-hybridized carbons (Fsp3) is 0.955. The van der Waals surface area contributed by atoms with E-state index in [-0.39, 0.29) is 6.04 Å². The van der Waals surface area contributed by atoms with Gasteiger partial charge in [-0.2, -0.15) is 5.48 Å². The molecule has 1 saturated carbocycles. The molecule has 1 rings (SSSR count). The summed E-state index contributed by atoms with van der Waals surface area (Å²) in [5.74, 6) is 0.779. The zero-order valence-electron chi connectivity index (χ0n) is 18.7. The number of carbonyl (C=O) groups excluding carboxylic acids is 1. The van der Waals surface area contributed by atoms with Crippen molar-refractivity contribution >= 4 is 5.78 Å². The predicted molar refractivity (Wildman–Crippen MR) is 113 cm³/mol. The molecule has 0 aromatic rings. The predicted octanol–water partition coefficient (Wildman–Crippen LogP) is 7.09. The third-order valence-corrected chi connectivity index (χ3v) is 4.04. The summed E-state index contributed by atoms with van der Waals surface area (Å²) in [6.07, 6.45) is 11.8. The largest absolute Gasteiger partial charge is 0.301 e. The average molecular weight is 360 g/mol. The van der Waals surface area contributed by atoms with E-state index in [4.69, 9.17) is 4.84 Å². The summed E-state index contributed by atoms with van der Waals surface area (Å²) in [4.78, 5) is 17.2. The quantitative estimate of drug-likeness (QED) is 0.352. The van der Waals surface area contributed by atoms with Gasteiger partial charge in [-0.05, 0) is 25.2 Å². The summed E-state index contributed by atoms with van der Waals surface area (Å²) >= 11 is 0. The summed E-state index contributed by atoms with van der Waals surface area (Å²) in [5, 5.41) is 0. The molecule has 3 heteroatoms. The van der Waals surface area contributed by atoms with Crippen LogP contribution >= 0.6 is 0 Å². The van der Waals surface area contributed by atoms with Gasteiger partial charge in [0.05, 0.1) is 12.6 Å². The van der Waals surface area contributed by atoms with Crippen molar-refractivity contribution in [2.24, 2.45) is 5.92 Å². The van der Waals surface area contributed by atoms with Crippen molar-refractivity contribution in [3.63, 3.8) is 0 Å². The van der Waals surface area contributed by atoms with Gasteiger partial charge in [0.25, 0.3) is 0 Å². The van der Waals surface area contributed by atoms with Crippen molar-refractivity contribution in [3.8, 4) is 0 Å². The van der Waals surface area contributed by atoms with E-state index in [1.165, 1.54) is 51.4 Å². The molecule has 1 aliphatic rings. The molecule has 0 unspecified atom stereocenters. The Balaban J connectivity index is -0.000000454. The van der Waals surface area contributed by atoms with E-state index in [9.17, 15) is 4.79 Å². The van der Waals surface area contributed by atoms with Gasteiger partial charge in [-0.15, -0.1) is 0 Å². The molecule has 25 heavy (non-hydrogen) atoms. The van der Waals surface area contributed by atoms with E-state index in [1.807, 2.05) is 34.6 Å². The molecule has 1 N–H and O–H groups in total. The minimum absolute atomic E-state index is 0.0724. The summed E-state index contributed by atoms with van der Waals surface area (Å²) in [6, 6.07) is -0.0724. The topological polar surface area (TPSA) is 38.3 Å². The fourth-order valence-corrected chi connectivity index (χ4v) is 2.72. The summed E-state index contributed by atoms with van der Waals surface area (Å²) in [5.41, 5.74) is 2.99. The Morgan fingerprint density at radius 1 is 0.920 bits per heavy atom. The molecule has 0 radical (unpaired) electrons. The van der Waals surface area contributed by atoms with Crippen LogP contribution in [-0.2, 0) is 9.63 Å². The van der Waals surface area contributed by atoms with Gasteiger partial charge >= 0.3 is 0 Å². The van der Waals surface area contributed by atoms with Gasteiger partial charge in [-0.3, -0.25) is 4.79 Å². The molecular weight excluding hydrogens is 310 g/mol. The van der Waals surface area contributed by atoms with Crippen molar-refractivity contribution < 1.29 is 9.63 Å². The van der Waals surface area contributed by atoms with Gasteiger partial charge in [-0.1, -0.05) is 93.9 Å². The van der Waals surface area contributed by atoms with Crippen LogP contribution < -0.4 is 5.48 Å². The Bertz CT molecular complexity index is 236. The Kier molecular flexibility index (Phi) is 30.3. The molecule has 1 fully saturated rings. The molecule has 3 nitrogen and oxygen atoms in total. The zero-order chi connectivity index (χ0) is 19.9. The smallest absolute Gasteiger partial charge is 0.152 e. The second-order valence-electron chi connectivity index (χ2n) is 6.02. The molecule has 0 saturated heterocycles. The first-order valence-electron chi connectivity index (χ1n) is 11.1. The first-order valence-corrected chi connectivity index (χ1v) is 11.1. The second kappa shape index (κ2) is 25.8. The minimum Gasteiger partial charge on any atom is -0.301 e. The number of Topliss-reactive ketones (excluding diaryl/α,β-unsaturated/α-hetero) is 1. The lowest BCUT2D eigenvalue weighted by atomic mass is 9.82. The molecule has 1 aliphatic carbocycles. The van der Waals surface area contributed by atoms with Crippen LogP contribution in [0.5, 0.6) is 0 Å². The van der Waals surface area contributed by atoms with Crippen molar-refractivity contribution in [2.45, 2.75) is 126 Å². The van der Waals surface area contributed by atoms with E-state index in [2.05, 4.69) is 26.3 Å². The van der Waals surface area contributed by atoms with Crippen LogP contribution in [0.25, 0.3) is 0 Å². The maximum absolute atomic E-state index is 11.9. The zero-order valence-corrected chi connectivity index (χ0v) is 18.7. The first-order chi connectivity index (χ1) is 12.2. The molecule has 0 aliphatic heterocycles. The lowest BCUT2D eigenvalue weighted by Crippen LogP contribution is -2.43. The number of hydrogen-bond acceptors (Lipinski definition) is 3. The van der Waals surface area contributed by atoms with E-state index < -0.39 is 0 Å². The molecule has 154 valence electrons. The lowest BCUT2D eigenvalue weighted by molar-refractivity contribution is -0.127. The first kappa shape index (κ1) is 29.4. The minimum atomic E-state index is -0.0724. The summed E-state index contributed by atoms with van der Waals surface area (Å²) in [7, 11) is 0. The van der Waals surface area contributed by atoms with Gasteiger partial charge in [0.1, 0.15) is 0 Å². The van der Waals surface area contributed by atoms with E-state index in [1.54, 1.807) is 0 Å². The Hall–Kier alpha value is -0.410. The highest BCUT2D eigenvalue weighted by Gasteiger charge is 2.28. The van der Waals surface area contributed by atoms with Crippen LogP contribution in [0.15, 0.2) is 0 Å². The molecule has 1 atom stereocenters. The molecule has 0 bridgehead atoms. The van der Waals surface area contributed by atoms with Gasteiger partial charge in [0.15, 0.2) is 5.78 Å². The number of rotatable bonds is 9. The van der Waals surface area contributed by atoms with Crippen LogP contribution in [0.2, 0.25) is 0 Å². The fourth-order valence-electron chi connectivity index (χ4n) is 2.72. The van der Waals surface area contributed by atoms with Gasteiger partial charge in [-0.25, -0.2) is 0 Å². The number of hydroxylamine groups is 1. The maximum Gasteiger partial charge on any atom is 0.152 e. The second-order valence-corrected chi connectivity index (χ2v) is 6.02. The average Bonchev–Trinajstić information content (AvgIpc) is 2.70. The van der Waals surface area contributed by atoms with Gasteiger partial charge < -0.3 is 4.84 Å². The highest BCUT2D eigenvalue weighted by atomic mass is 16.6. The van der Waals surface area contributed by atoms with Crippen LogP contribution in [0, 0.1) is 5.92 Å². The third kappa shape index (κ3) is 18.2. The van der Waals surface area contributed by atoms with Crippen LogP contribution in [0.4, 0.5) is 0 Å². The lowest BCUT2D eigenvalue weighted by Gasteiger charge is -2.29. The number of hydrogen-bond donors (Lipinski definition) is 1. The number of ketones is 1. The molecule has 0 spiro atoms. The van der Waals surface area contributed by atoms with Crippen molar-refractivity contribution in [1.82, 2.24) is 5.48 Å². The molecular formula is C22H49NO2. The summed E-state index contributed by atoms with van der Waals surface area (Å²) < 4.78 is 0. The normalized spacial score (nSPS) is 14.7. The van der Waals surface area contributed by atoms with Gasteiger partial charge in [0, 0.05) is 6.42 Å². The van der Waals surface area contributed by atoms with Crippen molar-refractivity contribution in [2.75, 3.05) is 6.61 Å². The molecule has 0 heterocycles. The highest BCUT2D eigenvalue weighted by Crippen LogP contribution is 2.27. The highest BCUT2D eigenvalue weighted by molar-refractivity contribution is 5.83. The van der Waals surface area contributed by atoms with E-state index in [0.29, 0.717) is 24.7 Å². The van der Waals surface area contributed by atoms with E-state index in [0.717, 1.165) is 6.42 Å². The number of unbranched alkanes of at least 4 members (excludes halogenated alkanes) is 2.